The number of benzene rings is 4. The Hall–Kier alpha value is -5.36. The second-order valence-electron chi connectivity index (χ2n) is 10.4. The molecule has 0 fully saturated rings. The molecule has 2 heterocycles. The molecule has 0 aliphatic heterocycles. The second kappa shape index (κ2) is 9.99. The van der Waals surface area contributed by atoms with E-state index >= 15 is 0 Å². The summed E-state index contributed by atoms with van der Waals surface area (Å²) in [4.78, 5) is 37.3. The molecule has 6 heteroatoms. The van der Waals surface area contributed by atoms with Crippen LogP contribution in [0.1, 0.15) is 18.9 Å². The normalized spacial score (nSPS) is 14.9. The Morgan fingerprint density at radius 3 is 2.12 bits per heavy atom. The molecule has 198 valence electrons. The fourth-order valence-electron chi connectivity index (χ4n) is 5.60. The van der Waals surface area contributed by atoms with Gasteiger partial charge in [-0.1, -0.05) is 79.7 Å². The van der Waals surface area contributed by atoms with Gasteiger partial charge in [-0.05, 0) is 71.0 Å². The van der Waals surface area contributed by atoms with E-state index in [0.29, 0.717) is 39.2 Å². The summed E-state index contributed by atoms with van der Waals surface area (Å²) in [6.07, 6.45) is 10.4. The lowest BCUT2D eigenvalue weighted by Gasteiger charge is -2.18. The zero-order chi connectivity index (χ0) is 27.9. The summed E-state index contributed by atoms with van der Waals surface area (Å²) in [5, 5.41) is 0.390. The van der Waals surface area contributed by atoms with Gasteiger partial charge in [0, 0.05) is 12.4 Å². The van der Waals surface area contributed by atoms with E-state index < -0.39 is 11.2 Å². The van der Waals surface area contributed by atoms with Crippen LogP contribution in [0.25, 0.3) is 50.0 Å². The van der Waals surface area contributed by atoms with Gasteiger partial charge in [-0.15, -0.1) is 0 Å². The largest absolute Gasteiger partial charge is 0.340 e. The van der Waals surface area contributed by atoms with Crippen LogP contribution in [0, 0.1) is 5.92 Å². The highest BCUT2D eigenvalue weighted by Crippen LogP contribution is 2.29. The molecule has 41 heavy (non-hydrogen) atoms. The van der Waals surface area contributed by atoms with Crippen LogP contribution in [0.2, 0.25) is 0 Å². The molecular weight excluding hydrogens is 508 g/mol. The highest BCUT2D eigenvalue weighted by atomic mass is 16.2. The maximum absolute atomic E-state index is 14.4. The molecule has 0 spiro atoms. The van der Waals surface area contributed by atoms with Gasteiger partial charge in [0.25, 0.3) is 5.56 Å². The van der Waals surface area contributed by atoms with Crippen molar-refractivity contribution in [1.82, 2.24) is 19.1 Å². The average molecular weight is 535 g/mol. The number of hydrogen-bond donors (Lipinski definition) is 0. The predicted molar refractivity (Wildman–Crippen MR) is 165 cm³/mol. The Labute approximate surface area is 236 Å². The Balaban J connectivity index is 1.52. The van der Waals surface area contributed by atoms with Crippen molar-refractivity contribution in [2.24, 2.45) is 5.92 Å². The Morgan fingerprint density at radius 1 is 0.707 bits per heavy atom. The monoisotopic (exact) mass is 534 g/mol. The van der Waals surface area contributed by atoms with Gasteiger partial charge in [0.1, 0.15) is 0 Å². The molecule has 0 saturated heterocycles. The Morgan fingerprint density at radius 2 is 1.37 bits per heavy atom. The molecule has 0 amide bonds. The molecule has 0 N–H and O–H groups in total. The quantitative estimate of drug-likeness (QED) is 0.235. The number of aromatic nitrogens is 4. The second-order valence-corrected chi connectivity index (χ2v) is 10.4. The third-order valence-electron chi connectivity index (χ3n) is 7.61. The molecule has 1 aliphatic rings. The van der Waals surface area contributed by atoms with Crippen LogP contribution < -0.4 is 11.2 Å². The van der Waals surface area contributed by atoms with E-state index in [1.54, 1.807) is 29.1 Å². The minimum atomic E-state index is -0.445. The predicted octanol–water partition coefficient (Wildman–Crippen LogP) is 6.73. The third-order valence-corrected chi connectivity index (χ3v) is 7.61. The molecule has 1 aliphatic carbocycles. The van der Waals surface area contributed by atoms with E-state index in [1.165, 1.54) is 10.1 Å². The van der Waals surface area contributed by atoms with Crippen molar-refractivity contribution < 1.29 is 0 Å². The van der Waals surface area contributed by atoms with Crippen molar-refractivity contribution in [2.75, 3.05) is 0 Å². The molecule has 7 rings (SSSR count). The number of hydrogen-bond acceptors (Lipinski definition) is 4. The summed E-state index contributed by atoms with van der Waals surface area (Å²) >= 11 is 0. The van der Waals surface area contributed by atoms with Gasteiger partial charge in [0.15, 0.2) is 0 Å². The highest BCUT2D eigenvalue weighted by Gasteiger charge is 2.19. The summed E-state index contributed by atoms with van der Waals surface area (Å²) in [7, 11) is 0. The number of nitrogens with zero attached hydrogens (tertiary/aromatic N) is 4. The van der Waals surface area contributed by atoms with Gasteiger partial charge in [-0.25, -0.2) is 9.36 Å². The van der Waals surface area contributed by atoms with E-state index in [2.05, 4.69) is 35.1 Å². The van der Waals surface area contributed by atoms with Crippen molar-refractivity contribution >= 4 is 27.5 Å². The summed E-state index contributed by atoms with van der Waals surface area (Å²) in [5.41, 5.74) is 6.20. The van der Waals surface area contributed by atoms with Crippen LogP contribution in [0.15, 0.2) is 131 Å². The number of allylic oxidation sites excluding steroid dienone is 4. The fourth-order valence-corrected chi connectivity index (χ4v) is 5.60. The van der Waals surface area contributed by atoms with Crippen LogP contribution in [-0.4, -0.2) is 19.1 Å². The van der Waals surface area contributed by atoms with Crippen LogP contribution in [0.5, 0.6) is 0 Å². The van der Waals surface area contributed by atoms with Crippen molar-refractivity contribution in [3.8, 4) is 22.5 Å². The van der Waals surface area contributed by atoms with Crippen molar-refractivity contribution in [2.45, 2.75) is 13.3 Å². The van der Waals surface area contributed by atoms with Gasteiger partial charge in [-0.2, -0.15) is 0 Å². The number of rotatable bonds is 4. The van der Waals surface area contributed by atoms with Crippen molar-refractivity contribution in [1.29, 1.82) is 0 Å². The van der Waals surface area contributed by atoms with E-state index in [9.17, 15) is 9.59 Å². The molecule has 1 unspecified atom stereocenters. The van der Waals surface area contributed by atoms with Gasteiger partial charge < -0.3 is 0 Å². The third kappa shape index (κ3) is 4.39. The van der Waals surface area contributed by atoms with E-state index in [0.717, 1.165) is 23.1 Å². The molecule has 4 aromatic carbocycles. The molecule has 6 aromatic rings. The molecule has 2 aromatic heterocycles. The van der Waals surface area contributed by atoms with Crippen LogP contribution in [0.4, 0.5) is 0 Å². The topological polar surface area (TPSA) is 69.8 Å². The Bertz CT molecular complexity index is 2140. The molecule has 6 nitrogen and oxygen atoms in total. The average Bonchev–Trinajstić information content (AvgIpc) is 3.01. The van der Waals surface area contributed by atoms with Crippen LogP contribution in [-0.2, 0) is 0 Å². The van der Waals surface area contributed by atoms with Gasteiger partial charge in [-0.3, -0.25) is 19.3 Å². The lowest BCUT2D eigenvalue weighted by atomic mass is 9.91. The maximum Gasteiger partial charge on any atom is 0.340 e. The highest BCUT2D eigenvalue weighted by molar-refractivity contribution is 5.93. The van der Waals surface area contributed by atoms with Gasteiger partial charge in [0.2, 0.25) is 0 Å². The lowest BCUT2D eigenvalue weighted by molar-refractivity contribution is 0.748. The molecule has 0 saturated carbocycles. The lowest BCUT2D eigenvalue weighted by Crippen LogP contribution is -2.38. The SMILES string of the molecule is CC1C=CC=C(c2cccc(-n3c(=O)c4cc5nccnc5cc4n(-c4cccc(-c5ccccc5)c4)c3=O)c2)C1. The van der Waals surface area contributed by atoms with E-state index in [1.807, 2.05) is 78.9 Å². The van der Waals surface area contributed by atoms with Crippen LogP contribution >= 0.6 is 0 Å². The first-order chi connectivity index (χ1) is 20.1. The van der Waals surface area contributed by atoms with Gasteiger partial charge >= 0.3 is 5.69 Å². The zero-order valence-corrected chi connectivity index (χ0v) is 22.4. The Kier molecular flexibility index (Phi) is 6.01. The maximum atomic E-state index is 14.4. The van der Waals surface area contributed by atoms with Gasteiger partial charge in [0.05, 0.1) is 33.3 Å². The van der Waals surface area contributed by atoms with Crippen molar-refractivity contribution in [3.05, 3.63) is 148 Å². The first-order valence-electron chi connectivity index (χ1n) is 13.6. The molecular formula is C35H26N4O2. The smallest absolute Gasteiger partial charge is 0.268 e. The van der Waals surface area contributed by atoms with Crippen LogP contribution in [0.3, 0.4) is 0 Å². The summed E-state index contributed by atoms with van der Waals surface area (Å²) < 4.78 is 2.88. The molecule has 0 bridgehead atoms. The van der Waals surface area contributed by atoms with E-state index in [-0.39, 0.29) is 0 Å². The minimum Gasteiger partial charge on any atom is -0.268 e. The summed E-state index contributed by atoms with van der Waals surface area (Å²) in [6, 6.07) is 29.0. The first kappa shape index (κ1) is 24.7. The minimum absolute atomic E-state index is 0.390. The standard InChI is InChI=1S/C35H26N4O2/c1-23-8-5-11-25(18-23)27-13-7-15-29(20-27)39-34(40)30-21-31-32(37-17-16-36-31)22-33(30)38(35(39)41)28-14-6-12-26(19-28)24-9-3-2-4-10-24/h2-17,19-23H,18H2,1H3. The zero-order valence-electron chi connectivity index (χ0n) is 22.4. The summed E-state index contributed by atoms with van der Waals surface area (Å²) in [6.45, 7) is 2.18. The van der Waals surface area contributed by atoms with Crippen molar-refractivity contribution in [3.63, 3.8) is 0 Å². The molecule has 0 radical (unpaired) electrons. The van der Waals surface area contributed by atoms with E-state index in [4.69, 9.17) is 0 Å². The number of fused-ring (bicyclic) bond motifs is 2. The first-order valence-corrected chi connectivity index (χ1v) is 13.6. The fraction of sp³-hybridized carbons (Fsp3) is 0.0857. The summed E-state index contributed by atoms with van der Waals surface area (Å²) in [5.74, 6) is 0.422. The molecule has 1 atom stereocenters.